The molecular weight excluding hydrogens is 535 g/mol. The molecule has 1 aromatic heterocycles. The molecule has 0 N–H and O–H groups in total. The fraction of sp³-hybridized carbons (Fsp3) is 0.438. The van der Waals surface area contributed by atoms with E-state index in [1.807, 2.05) is 24.3 Å². The molecule has 0 saturated carbocycles. The van der Waals surface area contributed by atoms with E-state index in [2.05, 4.69) is 28.3 Å². The van der Waals surface area contributed by atoms with Crippen molar-refractivity contribution in [3.8, 4) is 6.01 Å². The fourth-order valence-electron chi connectivity index (χ4n) is 6.42. The second kappa shape index (κ2) is 12.0. The lowest BCUT2D eigenvalue weighted by Gasteiger charge is -2.40. The third-order valence-corrected chi connectivity index (χ3v) is 8.71. The lowest BCUT2D eigenvalue weighted by molar-refractivity contribution is -0.128. The van der Waals surface area contributed by atoms with E-state index >= 15 is 0 Å². The normalized spacial score (nSPS) is 22.5. The Morgan fingerprint density at radius 2 is 2.05 bits per heavy atom. The Hall–Kier alpha value is -4.07. The van der Waals surface area contributed by atoms with Crippen molar-refractivity contribution in [2.24, 2.45) is 0 Å². The number of halogens is 1. The van der Waals surface area contributed by atoms with E-state index in [1.165, 1.54) is 12.1 Å². The van der Waals surface area contributed by atoms with Crippen molar-refractivity contribution in [2.75, 3.05) is 51.3 Å². The minimum absolute atomic E-state index is 0.175. The summed E-state index contributed by atoms with van der Waals surface area (Å²) in [5.41, 5.74) is 2.47. The van der Waals surface area contributed by atoms with Crippen molar-refractivity contribution in [3.05, 3.63) is 83.1 Å². The number of nitrogens with zero attached hydrogens (tertiary/aromatic N) is 6. The van der Waals surface area contributed by atoms with Crippen LogP contribution in [-0.4, -0.2) is 84.1 Å². The highest BCUT2D eigenvalue weighted by Gasteiger charge is 2.36. The maximum absolute atomic E-state index is 15.0. The second-order valence-corrected chi connectivity index (χ2v) is 11.2. The molecule has 3 aromatic rings. The minimum Gasteiger partial charge on any atom is -0.462 e. The predicted octanol–water partition coefficient (Wildman–Crippen LogP) is 4.18. The number of rotatable bonds is 7. The molecule has 0 radical (unpaired) electrons. The van der Waals surface area contributed by atoms with Gasteiger partial charge >= 0.3 is 6.01 Å². The average Bonchev–Trinajstić information content (AvgIpc) is 3.43. The molecule has 218 valence electrons. The highest BCUT2D eigenvalue weighted by Crippen LogP contribution is 2.38. The van der Waals surface area contributed by atoms with Crippen LogP contribution in [0, 0.1) is 12.4 Å². The van der Waals surface area contributed by atoms with Gasteiger partial charge in [0.2, 0.25) is 12.5 Å². The van der Waals surface area contributed by atoms with Crippen molar-refractivity contribution < 1.29 is 18.7 Å². The Bertz CT molecular complexity index is 1540. The van der Waals surface area contributed by atoms with Gasteiger partial charge in [0.1, 0.15) is 24.3 Å². The number of hydrogen-bond acceptors (Lipinski definition) is 7. The zero-order valence-electron chi connectivity index (χ0n) is 23.8. The molecule has 2 saturated heterocycles. The third kappa shape index (κ3) is 5.42. The van der Waals surface area contributed by atoms with Crippen LogP contribution in [0.4, 0.5) is 10.2 Å². The molecule has 9 nitrogen and oxygen atoms in total. The summed E-state index contributed by atoms with van der Waals surface area (Å²) in [6.07, 6.45) is 3.56. The van der Waals surface area contributed by atoms with Gasteiger partial charge in [0.25, 0.3) is 0 Å². The summed E-state index contributed by atoms with van der Waals surface area (Å²) in [5.74, 6) is 0.257. The highest BCUT2D eigenvalue weighted by atomic mass is 19.1. The number of likely N-dealkylation sites (N-methyl/N-ethyl adjacent to an activating group) is 1. The molecule has 0 spiro atoms. The van der Waals surface area contributed by atoms with Crippen molar-refractivity contribution >= 4 is 22.5 Å². The Balaban J connectivity index is 1.34. The van der Waals surface area contributed by atoms with Crippen LogP contribution in [0.5, 0.6) is 6.01 Å². The van der Waals surface area contributed by atoms with Crippen LogP contribution in [0.15, 0.2) is 49.1 Å². The number of piperazine rings is 1. The topological polar surface area (TPSA) is 75.4 Å². The maximum atomic E-state index is 15.0. The number of aromatic nitrogens is 2. The van der Waals surface area contributed by atoms with Crippen molar-refractivity contribution in [3.63, 3.8) is 0 Å². The number of carbonyl (C=O) groups excluding carboxylic acids is 1. The van der Waals surface area contributed by atoms with Crippen LogP contribution < -0.4 is 9.64 Å². The molecule has 10 heteroatoms. The Morgan fingerprint density at radius 1 is 1.21 bits per heavy atom. The SMILES string of the molecule is [C-]#[N+]C[C@H]1CN(c2nc(OC[C@@H]3CCCN3C)nc3c2COC(c2cccc4cccc(F)c24)C3)CCN1C(=O)C=C. The van der Waals surface area contributed by atoms with E-state index in [4.69, 9.17) is 26.0 Å². The lowest BCUT2D eigenvalue weighted by atomic mass is 9.94. The summed E-state index contributed by atoms with van der Waals surface area (Å²) in [4.78, 5) is 31.9. The van der Waals surface area contributed by atoms with Crippen molar-refractivity contribution in [1.82, 2.24) is 19.8 Å². The summed E-state index contributed by atoms with van der Waals surface area (Å²) >= 11 is 0. The van der Waals surface area contributed by atoms with Gasteiger partial charge in [0.05, 0.1) is 18.4 Å². The van der Waals surface area contributed by atoms with Crippen LogP contribution in [-0.2, 0) is 22.6 Å². The maximum Gasteiger partial charge on any atom is 0.318 e. The van der Waals surface area contributed by atoms with Gasteiger partial charge in [0, 0.05) is 43.0 Å². The Labute approximate surface area is 245 Å². The van der Waals surface area contributed by atoms with Gasteiger partial charge in [-0.05, 0) is 49.5 Å². The van der Waals surface area contributed by atoms with E-state index in [0.29, 0.717) is 55.9 Å². The quantitative estimate of drug-likeness (QED) is 0.312. The van der Waals surface area contributed by atoms with E-state index in [1.54, 1.807) is 11.0 Å². The molecule has 42 heavy (non-hydrogen) atoms. The fourth-order valence-corrected chi connectivity index (χ4v) is 6.42. The second-order valence-electron chi connectivity index (χ2n) is 11.2. The van der Waals surface area contributed by atoms with Gasteiger partial charge < -0.3 is 29.0 Å². The number of fused-ring (bicyclic) bond motifs is 2. The number of likely N-dealkylation sites (tertiary alicyclic amines) is 1. The summed E-state index contributed by atoms with van der Waals surface area (Å²) in [6, 6.07) is 11.2. The number of carbonyl (C=O) groups is 1. The summed E-state index contributed by atoms with van der Waals surface area (Å²) in [7, 11) is 2.10. The van der Waals surface area contributed by atoms with Gasteiger partial charge in [-0.3, -0.25) is 4.79 Å². The molecule has 2 fully saturated rings. The first kappa shape index (κ1) is 28.1. The summed E-state index contributed by atoms with van der Waals surface area (Å²) in [5, 5.41) is 1.39. The monoisotopic (exact) mass is 570 g/mol. The zero-order valence-corrected chi connectivity index (χ0v) is 23.8. The molecule has 0 bridgehead atoms. The first-order valence-electron chi connectivity index (χ1n) is 14.5. The Morgan fingerprint density at radius 3 is 2.81 bits per heavy atom. The number of anilines is 1. The van der Waals surface area contributed by atoms with Crippen LogP contribution >= 0.6 is 0 Å². The average molecular weight is 571 g/mol. The third-order valence-electron chi connectivity index (χ3n) is 8.71. The van der Waals surface area contributed by atoms with E-state index < -0.39 is 0 Å². The molecule has 0 aliphatic carbocycles. The van der Waals surface area contributed by atoms with Crippen LogP contribution in [0.25, 0.3) is 15.6 Å². The molecular formula is C32H35FN6O3. The number of hydrogen-bond donors (Lipinski definition) is 0. The molecule has 4 heterocycles. The van der Waals surface area contributed by atoms with Gasteiger partial charge in [-0.1, -0.05) is 36.9 Å². The molecule has 3 aliphatic heterocycles. The zero-order chi connectivity index (χ0) is 29.2. The Kier molecular flexibility index (Phi) is 8.05. The first-order chi connectivity index (χ1) is 20.5. The van der Waals surface area contributed by atoms with Gasteiger partial charge in [-0.25, -0.2) is 11.0 Å². The first-order valence-corrected chi connectivity index (χ1v) is 14.5. The van der Waals surface area contributed by atoms with Crippen LogP contribution in [0.2, 0.25) is 0 Å². The van der Waals surface area contributed by atoms with E-state index in [9.17, 15) is 9.18 Å². The van der Waals surface area contributed by atoms with Gasteiger partial charge in [-0.2, -0.15) is 9.97 Å². The van der Waals surface area contributed by atoms with Crippen LogP contribution in [0.1, 0.15) is 35.8 Å². The standard InChI is InChI=1S/C32H35FN6O3/c1-4-29(40)39-15-14-38(18-23(39)17-34-2)31-25-20-41-28(24-11-5-8-21-9-6-12-26(33)30(21)24)16-27(25)35-32(36-31)42-19-22-10-7-13-37(22)3/h4-6,8-9,11-12,22-23,28H,1,7,10,13-20H2,3H3/t22-,23-,28?/m0/s1. The van der Waals surface area contributed by atoms with Crippen molar-refractivity contribution in [2.45, 2.75) is 44.1 Å². The molecule has 1 amide bonds. The van der Waals surface area contributed by atoms with Gasteiger partial charge in [0.15, 0.2) is 0 Å². The molecule has 6 rings (SSSR count). The van der Waals surface area contributed by atoms with E-state index in [0.717, 1.165) is 41.6 Å². The largest absolute Gasteiger partial charge is 0.462 e. The molecule has 3 atom stereocenters. The minimum atomic E-state index is -0.383. The molecule has 2 aromatic carbocycles. The number of ether oxygens (including phenoxy) is 2. The molecule has 1 unspecified atom stereocenters. The molecule has 3 aliphatic rings. The smallest absolute Gasteiger partial charge is 0.318 e. The van der Waals surface area contributed by atoms with Crippen LogP contribution in [0.3, 0.4) is 0 Å². The lowest BCUT2D eigenvalue weighted by Crippen LogP contribution is -2.56. The van der Waals surface area contributed by atoms with Crippen molar-refractivity contribution in [1.29, 1.82) is 0 Å². The number of benzene rings is 2. The summed E-state index contributed by atoms with van der Waals surface area (Å²) in [6.45, 7) is 14.5. The number of amides is 1. The van der Waals surface area contributed by atoms with E-state index in [-0.39, 0.29) is 37.0 Å². The van der Waals surface area contributed by atoms with Gasteiger partial charge in [-0.15, -0.1) is 0 Å². The predicted molar refractivity (Wildman–Crippen MR) is 158 cm³/mol. The summed E-state index contributed by atoms with van der Waals surface area (Å²) < 4.78 is 27.6. The highest BCUT2D eigenvalue weighted by molar-refractivity contribution is 5.88.